The highest BCUT2D eigenvalue weighted by Crippen LogP contribution is 2.23. The molecular weight excluding hydrogens is 436 g/mol. The molecule has 3 rings (SSSR count). The average molecular weight is 457 g/mol. The van der Waals surface area contributed by atoms with Crippen molar-refractivity contribution >= 4 is 40.9 Å². The van der Waals surface area contributed by atoms with Gasteiger partial charge >= 0.3 is 17.9 Å². The molecule has 0 aliphatic rings. The van der Waals surface area contributed by atoms with Gasteiger partial charge in [0.1, 0.15) is 6.04 Å². The van der Waals surface area contributed by atoms with Crippen LogP contribution in [-0.2, 0) is 4.79 Å². The zero-order chi connectivity index (χ0) is 23.3. The fraction of sp³-hybridized carbons (Fsp3) is 0.182. The third-order valence-electron chi connectivity index (χ3n) is 4.45. The molecule has 1 unspecified atom stereocenters. The number of anilines is 2. The number of carboxylic acids is 1. The van der Waals surface area contributed by atoms with Crippen molar-refractivity contribution in [3.63, 3.8) is 0 Å². The van der Waals surface area contributed by atoms with Crippen molar-refractivity contribution in [3.8, 4) is 11.3 Å². The predicted molar refractivity (Wildman–Crippen MR) is 120 cm³/mol. The average Bonchev–Trinajstić information content (AvgIpc) is 3.24. The Bertz CT molecular complexity index is 1110. The van der Waals surface area contributed by atoms with Gasteiger partial charge in [0.05, 0.1) is 6.20 Å². The quantitative estimate of drug-likeness (QED) is 0.414. The van der Waals surface area contributed by atoms with E-state index in [0.29, 0.717) is 27.7 Å². The van der Waals surface area contributed by atoms with Gasteiger partial charge in [0.2, 0.25) is 0 Å². The number of amides is 3. The summed E-state index contributed by atoms with van der Waals surface area (Å²) in [6.07, 6.45) is 1.37. The zero-order valence-corrected chi connectivity index (χ0v) is 18.0. The second kappa shape index (κ2) is 9.97. The summed E-state index contributed by atoms with van der Waals surface area (Å²) >= 11 is 5.82. The minimum atomic E-state index is -1.14. The van der Waals surface area contributed by atoms with Crippen LogP contribution in [0.25, 0.3) is 11.3 Å². The van der Waals surface area contributed by atoms with Crippen molar-refractivity contribution < 1.29 is 23.9 Å². The van der Waals surface area contributed by atoms with Gasteiger partial charge in [-0.2, -0.15) is 0 Å². The highest BCUT2D eigenvalue weighted by molar-refractivity contribution is 6.30. The molecule has 0 aliphatic carbocycles. The fourth-order valence-electron chi connectivity index (χ4n) is 2.77. The van der Waals surface area contributed by atoms with Crippen LogP contribution >= 0.6 is 11.6 Å². The molecule has 4 N–H and O–H groups in total. The van der Waals surface area contributed by atoms with Crippen molar-refractivity contribution in [1.82, 2.24) is 10.3 Å². The van der Waals surface area contributed by atoms with Gasteiger partial charge in [-0.3, -0.25) is 4.79 Å². The van der Waals surface area contributed by atoms with Crippen LogP contribution in [0.15, 0.2) is 59.1 Å². The Kier molecular flexibility index (Phi) is 7.11. The first-order valence-corrected chi connectivity index (χ1v) is 10.0. The van der Waals surface area contributed by atoms with Crippen molar-refractivity contribution in [2.75, 3.05) is 10.6 Å². The maximum atomic E-state index is 12.3. The number of hydrogen-bond donors (Lipinski definition) is 4. The van der Waals surface area contributed by atoms with Crippen LogP contribution in [0, 0.1) is 5.92 Å². The predicted octanol–water partition coefficient (Wildman–Crippen LogP) is 4.48. The number of urea groups is 1. The lowest BCUT2D eigenvalue weighted by molar-refractivity contribution is -0.140. The molecule has 9 nitrogen and oxygen atoms in total. The summed E-state index contributed by atoms with van der Waals surface area (Å²) in [5.41, 5.74) is 1.76. The highest BCUT2D eigenvalue weighted by atomic mass is 35.5. The molecule has 1 aromatic heterocycles. The Balaban J connectivity index is 1.62. The maximum Gasteiger partial charge on any atom is 0.326 e. The molecule has 0 radical (unpaired) electrons. The van der Waals surface area contributed by atoms with E-state index in [0.717, 1.165) is 0 Å². The van der Waals surface area contributed by atoms with Gasteiger partial charge in [0.15, 0.2) is 5.76 Å². The molecule has 32 heavy (non-hydrogen) atoms. The van der Waals surface area contributed by atoms with E-state index >= 15 is 0 Å². The van der Waals surface area contributed by atoms with E-state index < -0.39 is 23.9 Å². The standard InChI is InChI=1S/C22H21ClN4O5/c1-12(2)18(21(29)30)27-19(28)20-24-11-17(32-20)13-3-7-15(8-4-13)25-22(31)26-16-9-5-14(23)6-10-16/h3-12,18H,1-2H3,(H,27,28)(H,29,30)(H2,25,26,31). The van der Waals surface area contributed by atoms with Crippen molar-refractivity contribution in [3.05, 3.63) is 65.6 Å². The van der Waals surface area contributed by atoms with Gasteiger partial charge in [0.25, 0.3) is 5.89 Å². The molecular formula is C22H21ClN4O5. The van der Waals surface area contributed by atoms with Gasteiger partial charge < -0.3 is 25.5 Å². The van der Waals surface area contributed by atoms with Crippen molar-refractivity contribution in [2.24, 2.45) is 5.92 Å². The third kappa shape index (κ3) is 5.86. The molecule has 3 amide bonds. The smallest absolute Gasteiger partial charge is 0.326 e. The molecule has 0 bridgehead atoms. The van der Waals surface area contributed by atoms with Gasteiger partial charge in [-0.15, -0.1) is 0 Å². The fourth-order valence-corrected chi connectivity index (χ4v) is 2.90. The molecule has 0 fully saturated rings. The lowest BCUT2D eigenvalue weighted by atomic mass is 10.1. The number of oxazole rings is 1. The van der Waals surface area contributed by atoms with E-state index in [1.165, 1.54) is 6.20 Å². The third-order valence-corrected chi connectivity index (χ3v) is 4.70. The van der Waals surface area contributed by atoms with Crippen molar-refractivity contribution in [1.29, 1.82) is 0 Å². The topological polar surface area (TPSA) is 134 Å². The van der Waals surface area contributed by atoms with Crippen LogP contribution in [0.4, 0.5) is 16.2 Å². The number of carbonyl (C=O) groups excluding carboxylic acids is 2. The summed E-state index contributed by atoms with van der Waals surface area (Å²) in [4.78, 5) is 39.6. The SMILES string of the molecule is CC(C)C(NC(=O)c1ncc(-c2ccc(NC(=O)Nc3ccc(Cl)cc3)cc2)o1)C(=O)O. The Morgan fingerprint density at radius 1 is 0.969 bits per heavy atom. The first kappa shape index (κ1) is 22.8. The summed E-state index contributed by atoms with van der Waals surface area (Å²) in [6, 6.07) is 11.9. The second-order valence-corrected chi connectivity index (χ2v) is 7.66. The van der Waals surface area contributed by atoms with Gasteiger partial charge in [-0.25, -0.2) is 14.6 Å². The zero-order valence-electron chi connectivity index (χ0n) is 17.3. The number of rotatable bonds is 7. The number of hydrogen-bond acceptors (Lipinski definition) is 5. The van der Waals surface area contributed by atoms with E-state index in [2.05, 4.69) is 20.9 Å². The second-order valence-electron chi connectivity index (χ2n) is 7.23. The number of nitrogens with one attached hydrogen (secondary N) is 3. The van der Waals surface area contributed by atoms with Crippen molar-refractivity contribution in [2.45, 2.75) is 19.9 Å². The molecule has 2 aromatic carbocycles. The molecule has 166 valence electrons. The van der Waals surface area contributed by atoms with Crippen LogP contribution in [0.2, 0.25) is 5.02 Å². The van der Waals surface area contributed by atoms with Crippen LogP contribution in [-0.4, -0.2) is 34.0 Å². The van der Waals surface area contributed by atoms with Crippen LogP contribution in [0.3, 0.4) is 0 Å². The van der Waals surface area contributed by atoms with E-state index in [1.54, 1.807) is 62.4 Å². The number of nitrogens with zero attached hydrogens (tertiary/aromatic N) is 1. The number of carbonyl (C=O) groups is 3. The Labute approximate surface area is 188 Å². The number of benzene rings is 2. The monoisotopic (exact) mass is 456 g/mol. The largest absolute Gasteiger partial charge is 0.480 e. The number of aromatic nitrogens is 1. The van der Waals surface area contributed by atoms with Crippen LogP contribution in [0.1, 0.15) is 24.5 Å². The first-order valence-electron chi connectivity index (χ1n) is 9.66. The summed E-state index contributed by atoms with van der Waals surface area (Å²) in [5, 5.41) is 17.6. The maximum absolute atomic E-state index is 12.3. The minimum absolute atomic E-state index is 0.239. The van der Waals surface area contributed by atoms with Gasteiger partial charge in [-0.1, -0.05) is 25.4 Å². The first-order chi connectivity index (χ1) is 15.2. The molecule has 1 atom stereocenters. The molecule has 0 spiro atoms. The van der Waals surface area contributed by atoms with Gasteiger partial charge in [-0.05, 0) is 54.4 Å². The van der Waals surface area contributed by atoms with E-state index in [9.17, 15) is 19.5 Å². The van der Waals surface area contributed by atoms with Crippen LogP contribution < -0.4 is 16.0 Å². The van der Waals surface area contributed by atoms with Gasteiger partial charge in [0, 0.05) is 22.0 Å². The Morgan fingerprint density at radius 2 is 1.53 bits per heavy atom. The lowest BCUT2D eigenvalue weighted by Gasteiger charge is -2.16. The van der Waals surface area contributed by atoms with E-state index in [1.807, 2.05) is 0 Å². The molecule has 0 aliphatic heterocycles. The summed E-state index contributed by atoms with van der Waals surface area (Å²) in [7, 11) is 0. The number of aliphatic carboxylic acids is 1. The normalized spacial score (nSPS) is 11.6. The Hall–Kier alpha value is -3.85. The lowest BCUT2D eigenvalue weighted by Crippen LogP contribution is -2.44. The highest BCUT2D eigenvalue weighted by Gasteiger charge is 2.26. The van der Waals surface area contributed by atoms with Crippen LogP contribution in [0.5, 0.6) is 0 Å². The van der Waals surface area contributed by atoms with E-state index in [-0.39, 0.29) is 11.8 Å². The Morgan fingerprint density at radius 3 is 2.06 bits per heavy atom. The number of halogens is 1. The molecule has 0 saturated carbocycles. The summed E-state index contributed by atoms with van der Waals surface area (Å²) < 4.78 is 5.47. The van der Waals surface area contributed by atoms with E-state index in [4.69, 9.17) is 16.0 Å². The molecule has 3 aromatic rings. The molecule has 0 saturated heterocycles. The molecule has 10 heteroatoms. The number of carboxylic acid groups (broad SMARTS) is 1. The molecule has 1 heterocycles. The summed E-state index contributed by atoms with van der Waals surface area (Å²) in [5.74, 6) is -2.07. The summed E-state index contributed by atoms with van der Waals surface area (Å²) in [6.45, 7) is 3.37. The minimum Gasteiger partial charge on any atom is -0.480 e.